The molecule has 0 saturated heterocycles. The third kappa shape index (κ3) is 41.6. The van der Waals surface area contributed by atoms with Crippen LogP contribution in [0.2, 0.25) is 0 Å². The Morgan fingerprint density at radius 1 is 0.643 bits per heavy atom. The van der Waals surface area contributed by atoms with E-state index in [1.807, 2.05) is 39.4 Å². The van der Waals surface area contributed by atoms with Crippen LogP contribution in [0.5, 0.6) is 0 Å². The Hall–Kier alpha value is -2.00. The van der Waals surface area contributed by atoms with Gasteiger partial charge in [-0.3, -0.25) is 13.8 Å². The van der Waals surface area contributed by atoms with Crippen molar-refractivity contribution in [2.45, 2.75) is 180 Å². The van der Waals surface area contributed by atoms with Gasteiger partial charge in [0.25, 0.3) is 0 Å². The van der Waals surface area contributed by atoms with Gasteiger partial charge < -0.3 is 24.0 Å². The topological polar surface area (TPSA) is 112 Å². The first-order chi connectivity index (χ1) is 27.0. The van der Waals surface area contributed by atoms with Crippen molar-refractivity contribution in [3.8, 4) is 0 Å². The fourth-order valence-corrected chi connectivity index (χ4v) is 6.41. The molecular formula is C46H85NO8P+. The molecule has 0 bridgehead atoms. The Bertz CT molecular complexity index is 1100. The zero-order chi connectivity index (χ0) is 41.4. The SMILES string of the molecule is CCCCCCCCCCCCCCCC/C=C/O[C@H](COC(=O)CCC/C=C\C/C=C\C/C=C\C/C=C\[C@@H](O)CCCC)COP(=O)(O)OCC[N+](C)(C)C. The molecule has 10 heteroatoms. The molecule has 0 aliphatic rings. The maximum atomic E-state index is 12.5. The maximum Gasteiger partial charge on any atom is 0.472 e. The smallest absolute Gasteiger partial charge is 0.472 e. The molecule has 326 valence electrons. The second-order valence-corrected chi connectivity index (χ2v) is 17.4. The third-order valence-electron chi connectivity index (χ3n) is 9.24. The van der Waals surface area contributed by atoms with E-state index in [0.29, 0.717) is 17.4 Å². The molecule has 0 fully saturated rings. The van der Waals surface area contributed by atoms with Crippen LogP contribution < -0.4 is 0 Å². The minimum Gasteiger partial charge on any atom is -0.492 e. The predicted molar refractivity (Wildman–Crippen MR) is 234 cm³/mol. The number of rotatable bonds is 40. The molecule has 0 aromatic rings. The summed E-state index contributed by atoms with van der Waals surface area (Å²) in [6.07, 6.45) is 45.6. The first-order valence-electron chi connectivity index (χ1n) is 22.2. The molecule has 0 saturated carbocycles. The van der Waals surface area contributed by atoms with E-state index < -0.39 is 13.9 Å². The Balaban J connectivity index is 4.41. The van der Waals surface area contributed by atoms with Crippen LogP contribution in [-0.4, -0.2) is 80.2 Å². The summed E-state index contributed by atoms with van der Waals surface area (Å²) in [5.41, 5.74) is 0. The molecule has 0 aromatic heterocycles. The molecular weight excluding hydrogens is 725 g/mol. The summed E-state index contributed by atoms with van der Waals surface area (Å²) in [4.78, 5) is 22.6. The number of quaternary nitrogens is 1. The van der Waals surface area contributed by atoms with E-state index in [0.717, 1.165) is 57.8 Å². The largest absolute Gasteiger partial charge is 0.492 e. The highest BCUT2D eigenvalue weighted by atomic mass is 31.2. The van der Waals surface area contributed by atoms with Gasteiger partial charge in [-0.05, 0) is 57.4 Å². The number of aliphatic hydroxyl groups excluding tert-OH is 1. The number of unbranched alkanes of at least 4 members (excludes halogenated alkanes) is 16. The number of carbonyl (C=O) groups excluding carboxylic acids is 1. The number of phosphoric acid groups is 1. The number of likely N-dealkylation sites (N-methyl/N-ethyl adjacent to an activating group) is 1. The van der Waals surface area contributed by atoms with Crippen molar-refractivity contribution in [3.05, 3.63) is 60.9 Å². The molecule has 3 atom stereocenters. The highest BCUT2D eigenvalue weighted by Gasteiger charge is 2.25. The van der Waals surface area contributed by atoms with Crippen molar-refractivity contribution in [2.24, 2.45) is 0 Å². The molecule has 56 heavy (non-hydrogen) atoms. The standard InChI is InChI=1S/C46H84NO8P/c1-6-8-10-11-12-13-14-15-16-17-20-23-26-29-32-35-40-52-45(43-55-56(50,51)54-41-39-47(3,4)5)42-53-46(49)38-34-31-28-25-22-19-18-21-24-27-30-33-37-44(48)36-9-7-2/h18-19,24-25,27-28,33,35,37,40,44-45,48H,6-17,20-23,26,29-32,34,36,38-39,41-43H2,1-5H3/p+1/b19-18-,27-24-,28-25-,37-33-,40-35+/t44-,45+/m0/s1. The van der Waals surface area contributed by atoms with Gasteiger partial charge in [0.2, 0.25) is 0 Å². The number of nitrogens with zero attached hydrogens (tertiary/aromatic N) is 1. The van der Waals surface area contributed by atoms with E-state index >= 15 is 0 Å². The van der Waals surface area contributed by atoms with Gasteiger partial charge in [-0.25, -0.2) is 4.57 Å². The van der Waals surface area contributed by atoms with Crippen LogP contribution in [0.25, 0.3) is 0 Å². The van der Waals surface area contributed by atoms with Gasteiger partial charge in [0.15, 0.2) is 6.10 Å². The Kier molecular flexibility index (Phi) is 37.1. The zero-order valence-electron chi connectivity index (χ0n) is 36.5. The molecule has 0 rings (SSSR count). The second kappa shape index (κ2) is 38.5. The van der Waals surface area contributed by atoms with Crippen molar-refractivity contribution >= 4 is 13.8 Å². The van der Waals surface area contributed by atoms with Crippen molar-refractivity contribution in [1.82, 2.24) is 0 Å². The summed E-state index contributed by atoms with van der Waals surface area (Å²) >= 11 is 0. The number of hydrogen-bond acceptors (Lipinski definition) is 7. The van der Waals surface area contributed by atoms with Crippen molar-refractivity contribution in [3.63, 3.8) is 0 Å². The molecule has 0 aliphatic carbocycles. The molecule has 0 aromatic carbocycles. The minimum absolute atomic E-state index is 0.0728. The van der Waals surface area contributed by atoms with Gasteiger partial charge in [0.1, 0.15) is 19.8 Å². The summed E-state index contributed by atoms with van der Waals surface area (Å²) in [5.74, 6) is -0.346. The van der Waals surface area contributed by atoms with Crippen LogP contribution in [0.4, 0.5) is 0 Å². The van der Waals surface area contributed by atoms with E-state index in [-0.39, 0.29) is 38.3 Å². The predicted octanol–water partition coefficient (Wildman–Crippen LogP) is 12.3. The lowest BCUT2D eigenvalue weighted by atomic mass is 10.0. The van der Waals surface area contributed by atoms with Gasteiger partial charge in [-0.2, -0.15) is 0 Å². The first-order valence-corrected chi connectivity index (χ1v) is 23.7. The first kappa shape index (κ1) is 54.0. The van der Waals surface area contributed by atoms with Crippen LogP contribution >= 0.6 is 7.82 Å². The third-order valence-corrected chi connectivity index (χ3v) is 10.2. The summed E-state index contributed by atoms with van der Waals surface area (Å²) in [6, 6.07) is 0. The van der Waals surface area contributed by atoms with Crippen molar-refractivity contribution in [2.75, 3.05) is 47.5 Å². The summed E-state index contributed by atoms with van der Waals surface area (Å²) in [7, 11) is 1.62. The second-order valence-electron chi connectivity index (χ2n) is 16.0. The molecule has 1 unspecified atom stereocenters. The molecule has 0 spiro atoms. The number of ether oxygens (including phenoxy) is 2. The minimum atomic E-state index is -4.29. The van der Waals surface area contributed by atoms with Crippen LogP contribution in [-0.2, 0) is 27.9 Å². The van der Waals surface area contributed by atoms with Gasteiger partial charge in [-0.1, -0.05) is 159 Å². The van der Waals surface area contributed by atoms with Gasteiger partial charge in [0.05, 0.1) is 40.1 Å². The molecule has 0 radical (unpaired) electrons. The van der Waals surface area contributed by atoms with E-state index in [1.165, 1.54) is 83.5 Å². The Morgan fingerprint density at radius 3 is 1.73 bits per heavy atom. The Labute approximate surface area is 343 Å². The van der Waals surface area contributed by atoms with Crippen LogP contribution in [0.1, 0.15) is 168 Å². The van der Waals surface area contributed by atoms with Crippen molar-refractivity contribution in [1.29, 1.82) is 0 Å². The monoisotopic (exact) mass is 811 g/mol. The van der Waals surface area contributed by atoms with E-state index in [2.05, 4.69) is 50.3 Å². The lowest BCUT2D eigenvalue weighted by molar-refractivity contribution is -0.870. The number of carbonyl (C=O) groups is 1. The van der Waals surface area contributed by atoms with E-state index in [1.54, 1.807) is 6.26 Å². The number of phosphoric ester groups is 1. The van der Waals surface area contributed by atoms with Crippen LogP contribution in [0.15, 0.2) is 60.9 Å². The molecule has 0 aliphatic heterocycles. The van der Waals surface area contributed by atoms with Gasteiger partial charge in [-0.15, -0.1) is 0 Å². The average molecular weight is 811 g/mol. The van der Waals surface area contributed by atoms with E-state index in [9.17, 15) is 19.4 Å². The van der Waals surface area contributed by atoms with E-state index in [4.69, 9.17) is 18.5 Å². The molecule has 0 heterocycles. The number of esters is 1. The summed E-state index contributed by atoms with van der Waals surface area (Å²) in [6.45, 7) is 4.67. The normalized spacial score (nSPS) is 14.8. The van der Waals surface area contributed by atoms with Crippen LogP contribution in [0.3, 0.4) is 0 Å². The number of aliphatic hydroxyl groups is 1. The molecule has 2 N–H and O–H groups in total. The highest BCUT2D eigenvalue weighted by Crippen LogP contribution is 2.43. The molecule has 0 amide bonds. The average Bonchev–Trinajstić information content (AvgIpc) is 3.15. The number of allylic oxidation sites excluding steroid dienone is 8. The van der Waals surface area contributed by atoms with Gasteiger partial charge in [0, 0.05) is 6.42 Å². The zero-order valence-corrected chi connectivity index (χ0v) is 37.4. The molecule has 9 nitrogen and oxygen atoms in total. The fraction of sp³-hybridized carbons (Fsp3) is 0.761. The lowest BCUT2D eigenvalue weighted by Crippen LogP contribution is -2.37. The summed E-state index contributed by atoms with van der Waals surface area (Å²) < 4.78 is 34.7. The summed E-state index contributed by atoms with van der Waals surface area (Å²) in [5, 5.41) is 9.82. The lowest BCUT2D eigenvalue weighted by Gasteiger charge is -2.24. The highest BCUT2D eigenvalue weighted by molar-refractivity contribution is 7.47. The quantitative estimate of drug-likeness (QED) is 0.0157. The van der Waals surface area contributed by atoms with Crippen LogP contribution in [0, 0.1) is 0 Å². The fourth-order valence-electron chi connectivity index (χ4n) is 5.66. The number of hydrogen-bond donors (Lipinski definition) is 2. The van der Waals surface area contributed by atoms with Gasteiger partial charge >= 0.3 is 13.8 Å². The maximum absolute atomic E-state index is 12.5. The Morgan fingerprint density at radius 2 is 1.16 bits per heavy atom. The van der Waals surface area contributed by atoms with Crippen molar-refractivity contribution < 1.29 is 42.4 Å².